The molecule has 2 heterocycles. The van der Waals surface area contributed by atoms with Gasteiger partial charge in [0.25, 0.3) is 0 Å². The van der Waals surface area contributed by atoms with Crippen molar-refractivity contribution in [1.29, 1.82) is 0 Å². The average molecular weight is 519 g/mol. The number of fused-ring (bicyclic) bond motifs is 2. The number of anilines is 2. The van der Waals surface area contributed by atoms with E-state index in [-0.39, 0.29) is 43.8 Å². The molecule has 1 saturated heterocycles. The van der Waals surface area contributed by atoms with Gasteiger partial charge in [0.05, 0.1) is 29.6 Å². The molecule has 2 aromatic rings. The number of rotatable bonds is 4. The maximum absolute atomic E-state index is 13.3. The molecule has 174 valence electrons. The van der Waals surface area contributed by atoms with Crippen LogP contribution in [0.15, 0.2) is 52.3 Å². The third-order valence-electron chi connectivity index (χ3n) is 5.02. The van der Waals surface area contributed by atoms with E-state index >= 15 is 0 Å². The summed E-state index contributed by atoms with van der Waals surface area (Å²) < 4.78 is 39.8. The number of aliphatic hydroxyl groups is 1. The molecule has 31 heavy (non-hydrogen) atoms. The molecule has 0 aromatic heterocycles. The predicted molar refractivity (Wildman–Crippen MR) is 126 cm³/mol. The molecule has 2 aliphatic heterocycles. The summed E-state index contributed by atoms with van der Waals surface area (Å²) in [5.74, 6) is 0. The molecule has 11 heteroatoms. The number of hydrogen-bond donors (Lipinski definition) is 2. The lowest BCUT2D eigenvalue weighted by molar-refractivity contribution is -0.137. The van der Waals surface area contributed by atoms with Crippen LogP contribution >= 0.6 is 49.0 Å². The number of benzene rings is 2. The summed E-state index contributed by atoms with van der Waals surface area (Å²) in [5, 5.41) is 14.0. The van der Waals surface area contributed by atoms with Crippen molar-refractivity contribution in [2.45, 2.75) is 22.1 Å². The number of halogens is 6. The molecule has 2 aliphatic rings. The van der Waals surface area contributed by atoms with Crippen LogP contribution in [-0.2, 0) is 6.18 Å². The second-order valence-electron chi connectivity index (χ2n) is 7.07. The zero-order valence-corrected chi connectivity index (χ0v) is 19.7. The second-order valence-corrected chi connectivity index (χ2v) is 8.15. The largest absolute Gasteiger partial charge is 0.416 e. The van der Waals surface area contributed by atoms with Gasteiger partial charge in [0.1, 0.15) is 0 Å². The Morgan fingerprint density at radius 2 is 1.58 bits per heavy atom. The Balaban J connectivity index is 0.00000160. The van der Waals surface area contributed by atoms with Crippen molar-refractivity contribution in [3.8, 4) is 0 Å². The maximum Gasteiger partial charge on any atom is 0.416 e. The van der Waals surface area contributed by atoms with Crippen LogP contribution in [0.4, 0.5) is 24.5 Å². The number of alkyl halides is 3. The summed E-state index contributed by atoms with van der Waals surface area (Å²) in [4.78, 5) is 5.74. The molecule has 2 N–H and O–H groups in total. The van der Waals surface area contributed by atoms with Gasteiger partial charge >= 0.3 is 6.18 Å². The molecule has 1 unspecified atom stereocenters. The number of hydrogen-bond acceptors (Lipinski definition) is 5. The third-order valence-corrected chi connectivity index (χ3v) is 6.16. The van der Waals surface area contributed by atoms with Crippen LogP contribution in [0.3, 0.4) is 0 Å². The van der Waals surface area contributed by atoms with Crippen LogP contribution in [0.5, 0.6) is 0 Å². The molecule has 0 aliphatic carbocycles. The molecule has 4 rings (SSSR count). The normalized spacial score (nSPS) is 16.7. The highest BCUT2D eigenvalue weighted by molar-refractivity contribution is 7.99. The van der Waals surface area contributed by atoms with Gasteiger partial charge in [-0.15, -0.1) is 37.2 Å². The third kappa shape index (κ3) is 6.57. The molecular formula is C20H25Cl3F3N3OS. The minimum atomic E-state index is -4.40. The molecule has 1 atom stereocenters. The van der Waals surface area contributed by atoms with Gasteiger partial charge < -0.3 is 15.3 Å². The van der Waals surface area contributed by atoms with E-state index in [1.807, 2.05) is 29.2 Å². The van der Waals surface area contributed by atoms with Crippen LogP contribution in [0, 0.1) is 0 Å². The molecule has 1 fully saturated rings. The summed E-state index contributed by atoms with van der Waals surface area (Å²) >= 11 is 1.46. The molecule has 0 amide bonds. The van der Waals surface area contributed by atoms with Gasteiger partial charge in [-0.2, -0.15) is 13.2 Å². The first-order valence-corrected chi connectivity index (χ1v) is 10.1. The number of para-hydroxylation sites is 1. The topological polar surface area (TPSA) is 38.7 Å². The minimum Gasteiger partial charge on any atom is -0.390 e. The smallest absolute Gasteiger partial charge is 0.390 e. The van der Waals surface area contributed by atoms with Crippen molar-refractivity contribution in [2.24, 2.45) is 0 Å². The van der Waals surface area contributed by atoms with Crippen LogP contribution in [0.2, 0.25) is 0 Å². The Kier molecular flexibility index (Phi) is 10.8. The number of β-amino-alcohol motifs (C(OH)–C–C–N with tert-alkyl or cyclic N) is 1. The second kappa shape index (κ2) is 11.8. The van der Waals surface area contributed by atoms with Gasteiger partial charge in [-0.05, 0) is 30.3 Å². The Bertz CT molecular complexity index is 854. The van der Waals surface area contributed by atoms with Crippen molar-refractivity contribution >= 4 is 60.4 Å². The first-order chi connectivity index (χ1) is 13.4. The predicted octanol–water partition coefficient (Wildman–Crippen LogP) is 4.84. The summed E-state index contributed by atoms with van der Waals surface area (Å²) in [6.07, 6.45) is -5.07. The van der Waals surface area contributed by atoms with Gasteiger partial charge in [-0.25, -0.2) is 0 Å². The van der Waals surface area contributed by atoms with E-state index in [0.29, 0.717) is 12.2 Å². The summed E-state index contributed by atoms with van der Waals surface area (Å²) in [6.45, 7) is 4.23. The van der Waals surface area contributed by atoms with Crippen molar-refractivity contribution in [2.75, 3.05) is 44.2 Å². The Hall–Kier alpha value is -0.870. The monoisotopic (exact) mass is 517 g/mol. The van der Waals surface area contributed by atoms with Crippen molar-refractivity contribution in [3.63, 3.8) is 0 Å². The Labute approximate surface area is 202 Å². The number of nitrogens with zero attached hydrogens (tertiary/aromatic N) is 2. The first-order valence-electron chi connectivity index (χ1n) is 9.28. The zero-order valence-electron chi connectivity index (χ0n) is 16.5. The Morgan fingerprint density at radius 1 is 0.935 bits per heavy atom. The Morgan fingerprint density at radius 3 is 2.26 bits per heavy atom. The fourth-order valence-electron chi connectivity index (χ4n) is 3.66. The lowest BCUT2D eigenvalue weighted by Crippen LogP contribution is -2.48. The van der Waals surface area contributed by atoms with E-state index in [2.05, 4.69) is 10.2 Å². The highest BCUT2D eigenvalue weighted by Gasteiger charge is 2.33. The van der Waals surface area contributed by atoms with Gasteiger partial charge in [-0.3, -0.25) is 4.90 Å². The van der Waals surface area contributed by atoms with Gasteiger partial charge in [0.15, 0.2) is 0 Å². The van der Waals surface area contributed by atoms with E-state index in [4.69, 9.17) is 0 Å². The van der Waals surface area contributed by atoms with Crippen molar-refractivity contribution < 1.29 is 18.3 Å². The molecule has 2 aromatic carbocycles. The molecule has 4 nitrogen and oxygen atoms in total. The van der Waals surface area contributed by atoms with Crippen molar-refractivity contribution in [1.82, 2.24) is 10.2 Å². The highest BCUT2D eigenvalue weighted by atomic mass is 35.5. The number of nitrogens with one attached hydrogen (secondary N) is 1. The zero-order chi connectivity index (χ0) is 19.7. The fourth-order valence-corrected chi connectivity index (χ4v) is 4.74. The van der Waals surface area contributed by atoms with Crippen LogP contribution in [0.25, 0.3) is 0 Å². The van der Waals surface area contributed by atoms with Gasteiger partial charge in [0.2, 0.25) is 0 Å². The van der Waals surface area contributed by atoms with E-state index < -0.39 is 17.8 Å². The fraction of sp³-hybridized carbons (Fsp3) is 0.400. The van der Waals surface area contributed by atoms with Gasteiger partial charge in [-0.1, -0.05) is 23.9 Å². The van der Waals surface area contributed by atoms with E-state index in [1.165, 1.54) is 23.9 Å². The van der Waals surface area contributed by atoms with E-state index in [0.717, 1.165) is 47.7 Å². The quantitative estimate of drug-likeness (QED) is 0.606. The lowest BCUT2D eigenvalue weighted by Gasteiger charge is -2.36. The summed E-state index contributed by atoms with van der Waals surface area (Å²) in [6, 6.07) is 11.5. The summed E-state index contributed by atoms with van der Waals surface area (Å²) in [7, 11) is 0. The van der Waals surface area contributed by atoms with Crippen molar-refractivity contribution in [3.05, 3.63) is 48.0 Å². The molecule has 0 saturated carbocycles. The van der Waals surface area contributed by atoms with Crippen LogP contribution < -0.4 is 10.2 Å². The van der Waals surface area contributed by atoms with Gasteiger partial charge in [0, 0.05) is 42.5 Å². The maximum atomic E-state index is 13.3. The van der Waals surface area contributed by atoms with Crippen LogP contribution in [-0.4, -0.2) is 55.4 Å². The standard InChI is InChI=1S/C20H22F3N3OS.3ClH/c21-20(22,23)14-5-6-19-17(11-14)26(16-3-1-2-4-18(16)28-19)13-15(27)12-25-9-7-24-8-10-25;;;/h1-6,11,15,24,27H,7-10,12-13H2;3*1H. The minimum absolute atomic E-state index is 0. The molecule has 0 radical (unpaired) electrons. The number of piperazine rings is 1. The molecule has 0 spiro atoms. The molecule has 0 bridgehead atoms. The van der Waals surface area contributed by atoms with Crippen LogP contribution in [0.1, 0.15) is 5.56 Å². The molecular weight excluding hydrogens is 494 g/mol. The van der Waals surface area contributed by atoms with E-state index in [9.17, 15) is 18.3 Å². The summed E-state index contributed by atoms with van der Waals surface area (Å²) in [5.41, 5.74) is 0.657. The first kappa shape index (κ1) is 28.2. The SMILES string of the molecule is Cl.Cl.Cl.OC(CN1CCNCC1)CN1c2ccccc2Sc2ccc(C(F)(F)F)cc21. The highest BCUT2D eigenvalue weighted by Crippen LogP contribution is 2.49. The average Bonchev–Trinajstić information content (AvgIpc) is 2.67. The van der Waals surface area contributed by atoms with E-state index in [1.54, 1.807) is 0 Å². The number of aliphatic hydroxyl groups excluding tert-OH is 1. The lowest BCUT2D eigenvalue weighted by atomic mass is 10.1.